The minimum atomic E-state index is -0.418. The van der Waals surface area contributed by atoms with Gasteiger partial charge in [0.1, 0.15) is 5.82 Å². The van der Waals surface area contributed by atoms with Crippen molar-refractivity contribution >= 4 is 0 Å². The predicted octanol–water partition coefficient (Wildman–Crippen LogP) is 1.61. The number of likely N-dealkylation sites (tertiary alicyclic amines) is 1. The van der Waals surface area contributed by atoms with E-state index in [-0.39, 0.29) is 11.7 Å². The monoisotopic (exact) mass is 209 g/mol. The van der Waals surface area contributed by atoms with Crippen LogP contribution in [0.5, 0.6) is 0 Å². The molecule has 0 spiro atoms. The molecule has 1 saturated heterocycles. The normalized spacial score (nSPS) is 27.9. The van der Waals surface area contributed by atoms with E-state index in [0.717, 1.165) is 19.5 Å². The first-order valence-electron chi connectivity index (χ1n) is 5.29. The van der Waals surface area contributed by atoms with Crippen molar-refractivity contribution in [1.82, 2.24) is 4.90 Å². The number of halogens is 1. The summed E-state index contributed by atoms with van der Waals surface area (Å²) in [6.45, 7) is 1.61. The second kappa shape index (κ2) is 4.29. The van der Waals surface area contributed by atoms with Crippen LogP contribution in [0.1, 0.15) is 17.9 Å². The van der Waals surface area contributed by atoms with Gasteiger partial charge >= 0.3 is 0 Å². The zero-order valence-electron chi connectivity index (χ0n) is 8.86. The van der Waals surface area contributed by atoms with Crippen LogP contribution in [0.15, 0.2) is 24.3 Å². The fraction of sp³-hybridized carbons (Fsp3) is 0.500. The number of aliphatic hydroxyl groups is 1. The van der Waals surface area contributed by atoms with Crippen LogP contribution in [-0.4, -0.2) is 36.2 Å². The van der Waals surface area contributed by atoms with Crippen LogP contribution < -0.4 is 0 Å². The summed E-state index contributed by atoms with van der Waals surface area (Å²) in [5.41, 5.74) is 0.636. The highest BCUT2D eigenvalue weighted by atomic mass is 19.1. The topological polar surface area (TPSA) is 23.5 Å². The molecule has 82 valence electrons. The van der Waals surface area contributed by atoms with Crippen LogP contribution in [0.3, 0.4) is 0 Å². The molecule has 15 heavy (non-hydrogen) atoms. The molecule has 3 heteroatoms. The third-order valence-corrected chi connectivity index (χ3v) is 3.08. The van der Waals surface area contributed by atoms with E-state index in [4.69, 9.17) is 0 Å². The molecule has 1 aliphatic rings. The van der Waals surface area contributed by atoms with Crippen LogP contribution in [-0.2, 0) is 0 Å². The van der Waals surface area contributed by atoms with Crippen LogP contribution in [0, 0.1) is 5.82 Å². The molecule has 1 N–H and O–H groups in total. The molecule has 0 aromatic heterocycles. The molecule has 1 aliphatic heterocycles. The Morgan fingerprint density at radius 2 is 2.13 bits per heavy atom. The van der Waals surface area contributed by atoms with Crippen LogP contribution in [0.25, 0.3) is 0 Å². The van der Waals surface area contributed by atoms with Gasteiger partial charge in [0, 0.05) is 19.0 Å². The van der Waals surface area contributed by atoms with Gasteiger partial charge in [-0.05, 0) is 25.1 Å². The van der Waals surface area contributed by atoms with Crippen LogP contribution >= 0.6 is 0 Å². The highest BCUT2D eigenvalue weighted by Gasteiger charge is 2.28. The molecule has 0 unspecified atom stereocenters. The maximum absolute atomic E-state index is 13.5. The van der Waals surface area contributed by atoms with Gasteiger partial charge < -0.3 is 10.0 Å². The van der Waals surface area contributed by atoms with E-state index >= 15 is 0 Å². The van der Waals surface area contributed by atoms with E-state index in [1.54, 1.807) is 12.1 Å². The van der Waals surface area contributed by atoms with E-state index in [9.17, 15) is 9.50 Å². The molecule has 0 radical (unpaired) electrons. The van der Waals surface area contributed by atoms with E-state index in [1.165, 1.54) is 6.07 Å². The van der Waals surface area contributed by atoms with E-state index < -0.39 is 6.10 Å². The van der Waals surface area contributed by atoms with Crippen molar-refractivity contribution in [2.45, 2.75) is 18.4 Å². The van der Waals surface area contributed by atoms with Crippen LogP contribution in [0.4, 0.5) is 4.39 Å². The summed E-state index contributed by atoms with van der Waals surface area (Å²) in [7, 11) is 2.00. The Bertz CT molecular complexity index is 342. The van der Waals surface area contributed by atoms with E-state index in [2.05, 4.69) is 4.90 Å². The minimum Gasteiger partial charge on any atom is -0.392 e. The second-order valence-corrected chi connectivity index (χ2v) is 4.25. The summed E-state index contributed by atoms with van der Waals surface area (Å²) in [5, 5.41) is 9.87. The standard InChI is InChI=1S/C12H16FNO/c1-14-7-6-12(15)10(8-14)9-4-2-3-5-11(9)13/h2-5,10,12,15H,6-8H2,1H3/t10-,12-/m0/s1. The Morgan fingerprint density at radius 1 is 1.40 bits per heavy atom. The Morgan fingerprint density at radius 3 is 2.87 bits per heavy atom. The first-order chi connectivity index (χ1) is 7.18. The number of hydrogen-bond donors (Lipinski definition) is 1. The molecule has 0 saturated carbocycles. The minimum absolute atomic E-state index is 0.0926. The maximum Gasteiger partial charge on any atom is 0.126 e. The number of benzene rings is 1. The third-order valence-electron chi connectivity index (χ3n) is 3.08. The molecule has 1 heterocycles. The lowest BCUT2D eigenvalue weighted by Crippen LogP contribution is -2.39. The average Bonchev–Trinajstić information content (AvgIpc) is 2.23. The highest BCUT2D eigenvalue weighted by molar-refractivity contribution is 5.23. The zero-order chi connectivity index (χ0) is 10.8. The summed E-state index contributed by atoms with van der Waals surface area (Å²) in [4.78, 5) is 2.13. The molecule has 0 amide bonds. The fourth-order valence-corrected chi connectivity index (χ4v) is 2.18. The number of piperidine rings is 1. The third kappa shape index (κ3) is 2.19. The second-order valence-electron chi connectivity index (χ2n) is 4.25. The average molecular weight is 209 g/mol. The maximum atomic E-state index is 13.5. The summed E-state index contributed by atoms with van der Waals surface area (Å²) in [5.74, 6) is -0.304. The Kier molecular flexibility index (Phi) is 3.03. The molecule has 0 bridgehead atoms. The number of rotatable bonds is 1. The largest absolute Gasteiger partial charge is 0.392 e. The molecule has 1 fully saturated rings. The Labute approximate surface area is 89.3 Å². The highest BCUT2D eigenvalue weighted by Crippen LogP contribution is 2.28. The Hall–Kier alpha value is -0.930. The molecule has 2 nitrogen and oxygen atoms in total. The fourth-order valence-electron chi connectivity index (χ4n) is 2.18. The molecular formula is C12H16FNO. The molecular weight excluding hydrogens is 193 g/mol. The van der Waals surface area contributed by atoms with Crippen molar-refractivity contribution < 1.29 is 9.50 Å². The van der Waals surface area contributed by atoms with Gasteiger partial charge in [-0.3, -0.25) is 0 Å². The lowest BCUT2D eigenvalue weighted by molar-refractivity contribution is 0.0695. The van der Waals surface area contributed by atoms with Crippen LogP contribution in [0.2, 0.25) is 0 Å². The lowest BCUT2D eigenvalue weighted by Gasteiger charge is -2.34. The number of likely N-dealkylation sites (N-methyl/N-ethyl adjacent to an activating group) is 1. The van der Waals surface area contributed by atoms with E-state index in [1.807, 2.05) is 13.1 Å². The predicted molar refractivity (Wildman–Crippen MR) is 57.3 cm³/mol. The summed E-state index contributed by atoms with van der Waals surface area (Å²) >= 11 is 0. The van der Waals surface area contributed by atoms with Crippen molar-refractivity contribution in [1.29, 1.82) is 0 Å². The van der Waals surface area contributed by atoms with Gasteiger partial charge in [0.2, 0.25) is 0 Å². The first kappa shape index (κ1) is 10.6. The number of aliphatic hydroxyl groups excluding tert-OH is 1. The smallest absolute Gasteiger partial charge is 0.126 e. The van der Waals surface area contributed by atoms with Gasteiger partial charge in [-0.15, -0.1) is 0 Å². The molecule has 0 aliphatic carbocycles. The molecule has 1 aromatic rings. The van der Waals surface area contributed by atoms with Crippen molar-refractivity contribution in [3.05, 3.63) is 35.6 Å². The molecule has 1 aromatic carbocycles. The summed E-state index contributed by atoms with van der Waals surface area (Å²) in [6.07, 6.45) is 0.299. The lowest BCUT2D eigenvalue weighted by atomic mass is 9.88. The quantitative estimate of drug-likeness (QED) is 0.759. The van der Waals surface area contributed by atoms with Crippen molar-refractivity contribution in [3.8, 4) is 0 Å². The van der Waals surface area contributed by atoms with Crippen molar-refractivity contribution in [2.75, 3.05) is 20.1 Å². The van der Waals surface area contributed by atoms with Gasteiger partial charge in [-0.25, -0.2) is 4.39 Å². The number of hydrogen-bond acceptors (Lipinski definition) is 2. The van der Waals surface area contributed by atoms with Gasteiger partial charge in [-0.2, -0.15) is 0 Å². The van der Waals surface area contributed by atoms with Gasteiger partial charge in [0.25, 0.3) is 0 Å². The Balaban J connectivity index is 2.25. The van der Waals surface area contributed by atoms with Gasteiger partial charge in [-0.1, -0.05) is 18.2 Å². The van der Waals surface area contributed by atoms with Crippen molar-refractivity contribution in [3.63, 3.8) is 0 Å². The summed E-state index contributed by atoms with van der Waals surface area (Å²) in [6, 6.07) is 6.72. The summed E-state index contributed by atoms with van der Waals surface area (Å²) < 4.78 is 13.5. The SMILES string of the molecule is CN1CC[C@H](O)[C@H](c2ccccc2F)C1. The van der Waals surface area contributed by atoms with Crippen molar-refractivity contribution in [2.24, 2.45) is 0 Å². The van der Waals surface area contributed by atoms with Gasteiger partial charge in [0.15, 0.2) is 0 Å². The van der Waals surface area contributed by atoms with Gasteiger partial charge in [0.05, 0.1) is 6.10 Å². The van der Waals surface area contributed by atoms with E-state index in [0.29, 0.717) is 5.56 Å². The molecule has 2 rings (SSSR count). The zero-order valence-corrected chi connectivity index (χ0v) is 8.86. The molecule has 2 atom stereocenters. The number of nitrogens with zero attached hydrogens (tertiary/aromatic N) is 1. The first-order valence-corrected chi connectivity index (χ1v) is 5.29.